The fraction of sp³-hybridized carbons (Fsp3) is 0.323. The zero-order valence-electron chi connectivity index (χ0n) is 22.5. The highest BCUT2D eigenvalue weighted by molar-refractivity contribution is 5.95. The van der Waals surface area contributed by atoms with Gasteiger partial charge in [0.05, 0.1) is 6.42 Å². The number of primary amides is 1. The minimum absolute atomic E-state index is 0.0545. The van der Waals surface area contributed by atoms with Crippen molar-refractivity contribution in [3.05, 3.63) is 90.1 Å². The van der Waals surface area contributed by atoms with E-state index in [4.69, 9.17) is 5.73 Å². The summed E-state index contributed by atoms with van der Waals surface area (Å²) >= 11 is 0. The molecule has 2 atom stereocenters. The SMILES string of the molecule is CCNC(=O)[C@@H](Cc1ccc2ccccc2c1)N1CCN(C(=O)[CH]Cc2ccc(F)cc2)[C@@H](CCC(N)=O)C1=O. The predicted octanol–water partition coefficient (Wildman–Crippen LogP) is 2.78. The molecule has 0 bridgehead atoms. The summed E-state index contributed by atoms with van der Waals surface area (Å²) in [5, 5.41) is 4.95. The number of carbonyl (C=O) groups is 4. The lowest BCUT2D eigenvalue weighted by atomic mass is 9.97. The minimum atomic E-state index is -0.938. The zero-order chi connectivity index (χ0) is 28.6. The molecule has 3 aromatic carbocycles. The van der Waals surface area contributed by atoms with Crippen molar-refractivity contribution < 1.29 is 23.6 Å². The number of halogens is 1. The second-order valence-electron chi connectivity index (χ2n) is 9.91. The third-order valence-electron chi connectivity index (χ3n) is 7.17. The molecule has 4 amide bonds. The summed E-state index contributed by atoms with van der Waals surface area (Å²) in [5.41, 5.74) is 7.04. The van der Waals surface area contributed by atoms with Gasteiger partial charge in [0.15, 0.2) is 0 Å². The van der Waals surface area contributed by atoms with Gasteiger partial charge in [-0.1, -0.05) is 54.6 Å². The fourth-order valence-corrected chi connectivity index (χ4v) is 5.11. The minimum Gasteiger partial charge on any atom is -0.370 e. The molecule has 0 aliphatic carbocycles. The first-order valence-electron chi connectivity index (χ1n) is 13.5. The fourth-order valence-electron chi connectivity index (χ4n) is 5.11. The highest BCUT2D eigenvalue weighted by Crippen LogP contribution is 2.23. The van der Waals surface area contributed by atoms with Gasteiger partial charge in [0.2, 0.25) is 23.6 Å². The topological polar surface area (TPSA) is 113 Å². The Morgan fingerprint density at radius 2 is 1.73 bits per heavy atom. The number of hydrogen-bond acceptors (Lipinski definition) is 4. The van der Waals surface area contributed by atoms with Crippen LogP contribution in [0.15, 0.2) is 66.7 Å². The molecule has 4 rings (SSSR count). The van der Waals surface area contributed by atoms with Crippen LogP contribution in [-0.2, 0) is 32.0 Å². The monoisotopic (exact) mass is 545 g/mol. The van der Waals surface area contributed by atoms with E-state index >= 15 is 0 Å². The van der Waals surface area contributed by atoms with Gasteiger partial charge in [-0.05, 0) is 53.8 Å². The molecule has 0 unspecified atom stereocenters. The zero-order valence-corrected chi connectivity index (χ0v) is 22.5. The van der Waals surface area contributed by atoms with Crippen LogP contribution in [0.3, 0.4) is 0 Å². The third kappa shape index (κ3) is 7.02. The lowest BCUT2D eigenvalue weighted by Crippen LogP contribution is -2.63. The Balaban J connectivity index is 1.55. The Hall–Kier alpha value is -4.27. The number of carbonyl (C=O) groups excluding carboxylic acids is 4. The number of benzene rings is 3. The van der Waals surface area contributed by atoms with E-state index < -0.39 is 23.9 Å². The highest BCUT2D eigenvalue weighted by atomic mass is 19.1. The van der Waals surface area contributed by atoms with Gasteiger partial charge in [0, 0.05) is 32.5 Å². The summed E-state index contributed by atoms with van der Waals surface area (Å²) in [6.07, 6.45) is 1.99. The van der Waals surface area contributed by atoms with Gasteiger partial charge in [-0.2, -0.15) is 0 Å². The molecule has 9 heteroatoms. The van der Waals surface area contributed by atoms with Crippen molar-refractivity contribution in [3.63, 3.8) is 0 Å². The molecular weight excluding hydrogens is 511 g/mol. The first-order valence-corrected chi connectivity index (χ1v) is 13.5. The van der Waals surface area contributed by atoms with Crippen LogP contribution < -0.4 is 11.1 Å². The summed E-state index contributed by atoms with van der Waals surface area (Å²) < 4.78 is 13.2. The lowest BCUT2D eigenvalue weighted by molar-refractivity contribution is -0.155. The van der Waals surface area contributed by atoms with Crippen molar-refractivity contribution in [2.24, 2.45) is 5.73 Å². The molecular formula is C31H34FN4O4. The van der Waals surface area contributed by atoms with Crippen molar-refractivity contribution in [2.75, 3.05) is 19.6 Å². The maximum Gasteiger partial charge on any atom is 0.246 e. The summed E-state index contributed by atoms with van der Waals surface area (Å²) in [6.45, 7) is 2.58. The van der Waals surface area contributed by atoms with Crippen LogP contribution in [0.1, 0.15) is 30.9 Å². The van der Waals surface area contributed by atoms with E-state index in [1.165, 1.54) is 28.4 Å². The third-order valence-corrected chi connectivity index (χ3v) is 7.17. The quantitative estimate of drug-likeness (QED) is 0.386. The smallest absolute Gasteiger partial charge is 0.246 e. The van der Waals surface area contributed by atoms with Crippen LogP contribution in [0.5, 0.6) is 0 Å². The number of fused-ring (bicyclic) bond motifs is 1. The van der Waals surface area contributed by atoms with Crippen molar-refractivity contribution in [1.29, 1.82) is 0 Å². The van der Waals surface area contributed by atoms with E-state index in [2.05, 4.69) is 5.32 Å². The van der Waals surface area contributed by atoms with Crippen LogP contribution in [0.4, 0.5) is 4.39 Å². The van der Waals surface area contributed by atoms with Gasteiger partial charge in [-0.15, -0.1) is 0 Å². The maximum atomic E-state index is 13.9. The molecule has 40 heavy (non-hydrogen) atoms. The van der Waals surface area contributed by atoms with Crippen LogP contribution in [0, 0.1) is 12.2 Å². The van der Waals surface area contributed by atoms with Crippen LogP contribution in [-0.4, -0.2) is 65.1 Å². The standard InChI is InChI=1S/C31H34FN4O4/c1-2-34-30(39)27(20-22-7-11-23-5-3-4-6-24(23)19-22)36-18-17-35(26(31(36)40)14-15-28(33)37)29(38)16-10-21-8-12-25(32)13-9-21/h3-9,11-13,16,19,26-27H,2,10,14-15,17-18,20H2,1H3,(H2,33,37)(H,34,39)/t26-,27+/m0/s1. The van der Waals surface area contributed by atoms with E-state index in [1.807, 2.05) is 49.4 Å². The van der Waals surface area contributed by atoms with Crippen molar-refractivity contribution >= 4 is 34.4 Å². The van der Waals surface area contributed by atoms with Crippen molar-refractivity contribution in [2.45, 2.75) is 44.7 Å². The molecule has 3 N–H and O–H groups in total. The average molecular weight is 546 g/mol. The number of piperazine rings is 1. The molecule has 8 nitrogen and oxygen atoms in total. The second-order valence-corrected chi connectivity index (χ2v) is 9.91. The first-order chi connectivity index (χ1) is 19.3. The summed E-state index contributed by atoms with van der Waals surface area (Å²) in [6, 6.07) is 18.0. The molecule has 3 aromatic rings. The molecule has 1 aliphatic heterocycles. The summed E-state index contributed by atoms with van der Waals surface area (Å²) in [7, 11) is 0. The Kier molecular flexibility index (Phi) is 9.47. The van der Waals surface area contributed by atoms with Crippen molar-refractivity contribution in [1.82, 2.24) is 15.1 Å². The summed E-state index contributed by atoms with van der Waals surface area (Å²) in [4.78, 5) is 54.9. The Labute approximate surface area is 233 Å². The largest absolute Gasteiger partial charge is 0.370 e. The Bertz CT molecular complexity index is 1380. The average Bonchev–Trinajstić information content (AvgIpc) is 2.94. The number of nitrogens with one attached hydrogen (secondary N) is 1. The molecule has 0 aromatic heterocycles. The molecule has 1 radical (unpaired) electrons. The molecule has 209 valence electrons. The molecule has 1 saturated heterocycles. The van der Waals surface area contributed by atoms with Gasteiger partial charge in [-0.3, -0.25) is 19.2 Å². The summed E-state index contributed by atoms with van der Waals surface area (Å²) in [5.74, 6) is -1.98. The molecule has 1 fully saturated rings. The van der Waals surface area contributed by atoms with Gasteiger partial charge in [0.1, 0.15) is 17.9 Å². The van der Waals surface area contributed by atoms with Gasteiger partial charge < -0.3 is 20.9 Å². The molecule has 1 heterocycles. The van der Waals surface area contributed by atoms with Gasteiger partial charge in [0.25, 0.3) is 0 Å². The lowest BCUT2D eigenvalue weighted by Gasteiger charge is -2.43. The van der Waals surface area contributed by atoms with E-state index in [9.17, 15) is 23.6 Å². The maximum absolute atomic E-state index is 13.9. The number of nitrogens with two attached hydrogens (primary N) is 1. The van der Waals surface area contributed by atoms with E-state index in [0.29, 0.717) is 13.0 Å². The van der Waals surface area contributed by atoms with Crippen LogP contribution >= 0.6 is 0 Å². The molecule has 0 spiro atoms. The first kappa shape index (κ1) is 28.7. The number of hydrogen-bond donors (Lipinski definition) is 2. The number of rotatable bonds is 11. The highest BCUT2D eigenvalue weighted by Gasteiger charge is 2.41. The normalized spacial score (nSPS) is 16.1. The number of amides is 4. The van der Waals surface area contributed by atoms with Crippen molar-refractivity contribution in [3.8, 4) is 0 Å². The Morgan fingerprint density at radius 1 is 1.02 bits per heavy atom. The molecule has 1 aliphatic rings. The number of nitrogens with zero attached hydrogens (tertiary/aromatic N) is 2. The van der Waals surface area contributed by atoms with Gasteiger partial charge >= 0.3 is 0 Å². The van der Waals surface area contributed by atoms with Crippen LogP contribution in [0.2, 0.25) is 0 Å². The van der Waals surface area contributed by atoms with Crippen LogP contribution in [0.25, 0.3) is 10.8 Å². The second kappa shape index (κ2) is 13.2. The van der Waals surface area contributed by atoms with E-state index in [1.54, 1.807) is 12.1 Å². The predicted molar refractivity (Wildman–Crippen MR) is 150 cm³/mol. The van der Waals surface area contributed by atoms with E-state index in [-0.39, 0.29) is 50.0 Å². The number of likely N-dealkylation sites (N-methyl/N-ethyl adjacent to an activating group) is 1. The van der Waals surface area contributed by atoms with Gasteiger partial charge in [-0.25, -0.2) is 4.39 Å². The van der Waals surface area contributed by atoms with E-state index in [0.717, 1.165) is 21.9 Å². The molecule has 0 saturated carbocycles. The Morgan fingerprint density at radius 3 is 2.42 bits per heavy atom.